The third-order valence-electron chi connectivity index (χ3n) is 3.02. The van der Waals surface area contributed by atoms with Gasteiger partial charge < -0.3 is 10.6 Å². The summed E-state index contributed by atoms with van der Waals surface area (Å²) in [5, 5.41) is 7.73. The first-order chi connectivity index (χ1) is 8.15. The molecule has 1 fully saturated rings. The zero-order chi connectivity index (χ0) is 12.7. The average molecular weight is 257 g/mol. The normalized spacial score (nSPS) is 25.4. The second-order valence-corrected chi connectivity index (χ2v) is 6.26. The van der Waals surface area contributed by atoms with Crippen LogP contribution >= 0.6 is 11.8 Å². The fourth-order valence-corrected chi connectivity index (χ4v) is 2.87. The van der Waals surface area contributed by atoms with Gasteiger partial charge in [0.2, 0.25) is 0 Å². The summed E-state index contributed by atoms with van der Waals surface area (Å²) in [5.74, 6) is 1.61. The molecule has 1 aliphatic carbocycles. The molecule has 0 heterocycles. The van der Waals surface area contributed by atoms with E-state index in [2.05, 4.69) is 42.7 Å². The van der Waals surface area contributed by atoms with Crippen LogP contribution in [0.5, 0.6) is 0 Å². The van der Waals surface area contributed by atoms with Crippen LogP contribution in [0.15, 0.2) is 4.99 Å². The van der Waals surface area contributed by atoms with Crippen molar-refractivity contribution in [2.24, 2.45) is 10.9 Å². The molecule has 100 valence electrons. The lowest BCUT2D eigenvalue weighted by Crippen LogP contribution is -2.42. The van der Waals surface area contributed by atoms with Crippen molar-refractivity contribution < 1.29 is 0 Å². The van der Waals surface area contributed by atoms with Gasteiger partial charge in [-0.1, -0.05) is 13.8 Å². The Balaban J connectivity index is 2.41. The molecule has 3 nitrogen and oxygen atoms in total. The number of hydrogen-bond acceptors (Lipinski definition) is 2. The molecule has 0 saturated heterocycles. The monoisotopic (exact) mass is 257 g/mol. The summed E-state index contributed by atoms with van der Waals surface area (Å²) < 4.78 is 0. The van der Waals surface area contributed by atoms with Crippen LogP contribution in [0.3, 0.4) is 0 Å². The van der Waals surface area contributed by atoms with Crippen LogP contribution in [0.4, 0.5) is 0 Å². The third-order valence-corrected chi connectivity index (χ3v) is 4.11. The molecule has 1 saturated carbocycles. The summed E-state index contributed by atoms with van der Waals surface area (Å²) in [6.45, 7) is 8.35. The molecule has 4 heteroatoms. The molecular formula is C13H27N3S. The fraction of sp³-hybridized carbons (Fsp3) is 0.923. The van der Waals surface area contributed by atoms with E-state index in [9.17, 15) is 0 Å². The van der Waals surface area contributed by atoms with E-state index in [1.54, 1.807) is 0 Å². The Morgan fingerprint density at radius 2 is 2.18 bits per heavy atom. The number of rotatable bonds is 5. The summed E-state index contributed by atoms with van der Waals surface area (Å²) in [7, 11) is 0. The molecule has 2 atom stereocenters. The maximum Gasteiger partial charge on any atom is 0.191 e. The van der Waals surface area contributed by atoms with Crippen LogP contribution in [0.1, 0.15) is 40.0 Å². The van der Waals surface area contributed by atoms with Crippen molar-refractivity contribution in [3.8, 4) is 0 Å². The number of nitrogens with zero attached hydrogens (tertiary/aromatic N) is 1. The molecule has 0 aromatic rings. The molecule has 0 aromatic carbocycles. The maximum atomic E-state index is 4.61. The van der Waals surface area contributed by atoms with Gasteiger partial charge in [-0.2, -0.15) is 11.8 Å². The minimum absolute atomic E-state index is 0.609. The maximum absolute atomic E-state index is 4.61. The number of aliphatic imine (C=N–C) groups is 1. The van der Waals surface area contributed by atoms with Gasteiger partial charge >= 0.3 is 0 Å². The van der Waals surface area contributed by atoms with Gasteiger partial charge in [0.1, 0.15) is 0 Å². The molecule has 0 amide bonds. The summed E-state index contributed by atoms with van der Waals surface area (Å²) >= 11 is 1.99. The highest BCUT2D eigenvalue weighted by atomic mass is 32.2. The van der Waals surface area contributed by atoms with Gasteiger partial charge in [0.05, 0.1) is 0 Å². The van der Waals surface area contributed by atoms with Crippen LogP contribution in [-0.2, 0) is 0 Å². The molecule has 17 heavy (non-hydrogen) atoms. The number of thioether (sulfide) groups is 1. The number of hydrogen-bond donors (Lipinski definition) is 2. The van der Waals surface area contributed by atoms with E-state index in [-0.39, 0.29) is 0 Å². The Bertz CT molecular complexity index is 241. The van der Waals surface area contributed by atoms with Crippen molar-refractivity contribution in [3.05, 3.63) is 0 Å². The van der Waals surface area contributed by atoms with Gasteiger partial charge in [-0.15, -0.1) is 0 Å². The molecule has 0 bridgehead atoms. The second-order valence-electron chi connectivity index (χ2n) is 5.13. The number of nitrogens with one attached hydrogen (secondary N) is 2. The van der Waals surface area contributed by atoms with E-state index in [0.717, 1.165) is 24.3 Å². The van der Waals surface area contributed by atoms with Crippen LogP contribution in [0.25, 0.3) is 0 Å². The van der Waals surface area contributed by atoms with Gasteiger partial charge in [0.15, 0.2) is 5.96 Å². The lowest BCUT2D eigenvalue weighted by molar-refractivity contribution is 0.605. The topological polar surface area (TPSA) is 36.4 Å². The van der Waals surface area contributed by atoms with Crippen LogP contribution < -0.4 is 10.6 Å². The summed E-state index contributed by atoms with van der Waals surface area (Å²) in [6, 6.07) is 0.609. The summed E-state index contributed by atoms with van der Waals surface area (Å²) in [4.78, 5) is 4.61. The SMILES string of the molecule is CCNC(=NCC(C)C)NC1CCC(SC)C1. The van der Waals surface area contributed by atoms with Crippen molar-refractivity contribution in [1.82, 2.24) is 10.6 Å². The highest BCUT2D eigenvalue weighted by Gasteiger charge is 2.24. The van der Waals surface area contributed by atoms with Gasteiger partial charge in [0, 0.05) is 24.4 Å². The molecule has 0 aromatic heterocycles. The van der Waals surface area contributed by atoms with Crippen LogP contribution in [0, 0.1) is 5.92 Å². The Morgan fingerprint density at radius 3 is 2.71 bits per heavy atom. The van der Waals surface area contributed by atoms with E-state index >= 15 is 0 Å². The molecular weight excluding hydrogens is 230 g/mol. The Labute approximate surface area is 110 Å². The van der Waals surface area contributed by atoms with Crippen LogP contribution in [0.2, 0.25) is 0 Å². The standard InChI is InChI=1S/C13H27N3S/c1-5-14-13(15-9-10(2)3)16-11-6-7-12(8-11)17-4/h10-12H,5-9H2,1-4H3,(H2,14,15,16). The first-order valence-electron chi connectivity index (χ1n) is 6.73. The van der Waals surface area contributed by atoms with Crippen molar-refractivity contribution in [2.45, 2.75) is 51.3 Å². The molecule has 1 rings (SSSR count). The minimum Gasteiger partial charge on any atom is -0.357 e. The fourth-order valence-electron chi connectivity index (χ4n) is 2.07. The predicted octanol–water partition coefficient (Wildman–Crippen LogP) is 2.48. The number of guanidine groups is 1. The lowest BCUT2D eigenvalue weighted by Gasteiger charge is -2.17. The van der Waals surface area contributed by atoms with Crippen LogP contribution in [-0.4, -0.2) is 36.6 Å². The molecule has 0 radical (unpaired) electrons. The molecule has 0 aliphatic heterocycles. The van der Waals surface area contributed by atoms with E-state index in [1.165, 1.54) is 19.3 Å². The molecule has 0 spiro atoms. The van der Waals surface area contributed by atoms with E-state index in [4.69, 9.17) is 0 Å². The van der Waals surface area contributed by atoms with E-state index in [0.29, 0.717) is 12.0 Å². The van der Waals surface area contributed by atoms with Crippen molar-refractivity contribution in [3.63, 3.8) is 0 Å². The van der Waals surface area contributed by atoms with Gasteiger partial charge in [-0.3, -0.25) is 4.99 Å². The third kappa shape index (κ3) is 5.66. The zero-order valence-electron chi connectivity index (χ0n) is 11.6. The summed E-state index contributed by atoms with van der Waals surface area (Å²) in [6.07, 6.45) is 6.10. The summed E-state index contributed by atoms with van der Waals surface area (Å²) in [5.41, 5.74) is 0. The highest BCUT2D eigenvalue weighted by Crippen LogP contribution is 2.27. The van der Waals surface area contributed by atoms with Crippen molar-refractivity contribution >= 4 is 17.7 Å². The first-order valence-corrected chi connectivity index (χ1v) is 8.02. The second kappa shape index (κ2) is 7.85. The largest absolute Gasteiger partial charge is 0.357 e. The zero-order valence-corrected chi connectivity index (χ0v) is 12.4. The quantitative estimate of drug-likeness (QED) is 0.587. The Hall–Kier alpha value is -0.380. The Morgan fingerprint density at radius 1 is 1.41 bits per heavy atom. The molecule has 2 unspecified atom stereocenters. The minimum atomic E-state index is 0.609. The first kappa shape index (κ1) is 14.7. The van der Waals surface area contributed by atoms with Gasteiger partial charge in [0.25, 0.3) is 0 Å². The smallest absolute Gasteiger partial charge is 0.191 e. The average Bonchev–Trinajstić information content (AvgIpc) is 2.74. The lowest BCUT2D eigenvalue weighted by atomic mass is 10.2. The molecule has 1 aliphatic rings. The van der Waals surface area contributed by atoms with E-state index < -0.39 is 0 Å². The van der Waals surface area contributed by atoms with Gasteiger partial charge in [-0.25, -0.2) is 0 Å². The van der Waals surface area contributed by atoms with E-state index in [1.807, 2.05) is 11.8 Å². The predicted molar refractivity (Wildman–Crippen MR) is 78.9 cm³/mol. The Kier molecular flexibility index (Phi) is 6.78. The molecule has 2 N–H and O–H groups in total. The van der Waals surface area contributed by atoms with Crippen molar-refractivity contribution in [1.29, 1.82) is 0 Å². The van der Waals surface area contributed by atoms with Crippen molar-refractivity contribution in [2.75, 3.05) is 19.3 Å². The van der Waals surface area contributed by atoms with Gasteiger partial charge in [-0.05, 0) is 38.4 Å². The highest BCUT2D eigenvalue weighted by molar-refractivity contribution is 7.99.